The number of halogens is 1. The molecule has 0 aliphatic rings. The zero-order valence-electron chi connectivity index (χ0n) is 14.6. The van der Waals surface area contributed by atoms with Gasteiger partial charge in [-0.05, 0) is 37.6 Å². The van der Waals surface area contributed by atoms with Gasteiger partial charge in [0.25, 0.3) is 11.8 Å². The van der Waals surface area contributed by atoms with Crippen molar-refractivity contribution >= 4 is 49.8 Å². The second kappa shape index (κ2) is 7.36. The lowest BCUT2D eigenvalue weighted by atomic mass is 10.1. The van der Waals surface area contributed by atoms with Crippen LogP contribution in [0, 0.1) is 13.8 Å². The highest BCUT2D eigenvalue weighted by molar-refractivity contribution is 7.89. The number of carbonyl (C=O) groups excluding carboxylic acids is 2. The highest BCUT2D eigenvalue weighted by Gasteiger charge is 2.24. The number of primary amides is 1. The number of hydrogen-bond acceptors (Lipinski definition) is 5. The molecular formula is C16H18ClN3O4S2. The molecule has 0 unspecified atom stereocenters. The van der Waals surface area contributed by atoms with E-state index in [4.69, 9.17) is 17.3 Å². The van der Waals surface area contributed by atoms with E-state index in [9.17, 15) is 18.0 Å². The van der Waals surface area contributed by atoms with Crippen LogP contribution in [-0.2, 0) is 10.0 Å². The van der Waals surface area contributed by atoms with E-state index in [0.717, 1.165) is 9.18 Å². The Morgan fingerprint density at radius 2 is 1.85 bits per heavy atom. The summed E-state index contributed by atoms with van der Waals surface area (Å²) in [5, 5.41) is 2.96. The molecule has 1 heterocycles. The fourth-order valence-electron chi connectivity index (χ4n) is 2.23. The molecular weight excluding hydrogens is 398 g/mol. The van der Waals surface area contributed by atoms with E-state index < -0.39 is 21.8 Å². The smallest absolute Gasteiger partial charge is 0.256 e. The molecule has 2 amide bonds. The number of aryl methyl sites for hydroxylation is 1. The second-order valence-corrected chi connectivity index (χ2v) is 9.49. The number of nitrogens with two attached hydrogens (primary N) is 1. The van der Waals surface area contributed by atoms with Crippen LogP contribution in [0.5, 0.6) is 0 Å². The molecule has 0 atom stereocenters. The molecule has 2 aromatic rings. The fraction of sp³-hybridized carbons (Fsp3) is 0.250. The lowest BCUT2D eigenvalue weighted by molar-refractivity contribution is 0.100. The topological polar surface area (TPSA) is 110 Å². The molecule has 0 spiro atoms. The van der Waals surface area contributed by atoms with Gasteiger partial charge in [0.05, 0.1) is 10.6 Å². The van der Waals surface area contributed by atoms with Crippen LogP contribution in [0.2, 0.25) is 5.02 Å². The molecule has 1 aromatic heterocycles. The predicted octanol–water partition coefficient (Wildman–Crippen LogP) is 2.62. The average molecular weight is 416 g/mol. The summed E-state index contributed by atoms with van der Waals surface area (Å²) >= 11 is 7.21. The van der Waals surface area contributed by atoms with Gasteiger partial charge in [-0.25, -0.2) is 12.7 Å². The van der Waals surface area contributed by atoms with Gasteiger partial charge < -0.3 is 11.1 Å². The van der Waals surface area contributed by atoms with Crippen molar-refractivity contribution in [3.05, 3.63) is 44.8 Å². The van der Waals surface area contributed by atoms with Gasteiger partial charge in [-0.15, -0.1) is 11.3 Å². The molecule has 0 aliphatic carbocycles. The highest BCUT2D eigenvalue weighted by atomic mass is 35.5. The number of nitrogens with one attached hydrogen (secondary N) is 1. The minimum Gasteiger partial charge on any atom is -0.365 e. The van der Waals surface area contributed by atoms with Crippen molar-refractivity contribution in [2.24, 2.45) is 5.73 Å². The fourth-order valence-corrected chi connectivity index (χ4v) is 4.68. The largest absolute Gasteiger partial charge is 0.365 e. The maximum absolute atomic E-state index is 12.6. The quantitative estimate of drug-likeness (QED) is 0.781. The van der Waals surface area contributed by atoms with Crippen LogP contribution in [0.15, 0.2) is 23.1 Å². The summed E-state index contributed by atoms with van der Waals surface area (Å²) in [7, 11) is -1.07. The summed E-state index contributed by atoms with van der Waals surface area (Å²) in [4.78, 5) is 24.9. The monoisotopic (exact) mass is 415 g/mol. The van der Waals surface area contributed by atoms with Crippen molar-refractivity contribution in [3.8, 4) is 0 Å². The van der Waals surface area contributed by atoms with Crippen LogP contribution in [0.25, 0.3) is 0 Å². The summed E-state index contributed by atoms with van der Waals surface area (Å²) in [6.45, 7) is 3.55. The molecule has 0 radical (unpaired) electrons. The number of carbonyl (C=O) groups is 2. The Morgan fingerprint density at radius 1 is 1.23 bits per heavy atom. The molecule has 0 saturated heterocycles. The molecule has 2 rings (SSSR count). The zero-order valence-corrected chi connectivity index (χ0v) is 17.0. The van der Waals surface area contributed by atoms with Crippen LogP contribution in [0.3, 0.4) is 0 Å². The van der Waals surface area contributed by atoms with E-state index in [-0.39, 0.29) is 21.0 Å². The number of hydrogen-bond donors (Lipinski definition) is 2. The molecule has 3 N–H and O–H groups in total. The van der Waals surface area contributed by atoms with Crippen molar-refractivity contribution < 1.29 is 18.0 Å². The first-order valence-electron chi connectivity index (χ1n) is 7.40. The summed E-state index contributed by atoms with van der Waals surface area (Å²) < 4.78 is 25.7. The second-order valence-electron chi connectivity index (χ2n) is 5.74. The number of amides is 2. The minimum atomic E-state index is -3.81. The molecule has 0 bridgehead atoms. The lowest BCUT2D eigenvalue weighted by Gasteiger charge is -2.14. The summed E-state index contributed by atoms with van der Waals surface area (Å²) in [5.41, 5.74) is 6.43. The Balaban J connectivity index is 2.44. The van der Waals surface area contributed by atoms with Gasteiger partial charge in [0.15, 0.2) is 0 Å². The Hall–Kier alpha value is -1.94. The first-order valence-corrected chi connectivity index (χ1v) is 10.0. The number of thiophene rings is 1. The van der Waals surface area contributed by atoms with E-state index >= 15 is 0 Å². The normalized spacial score (nSPS) is 11.6. The zero-order chi connectivity index (χ0) is 19.8. The third-order valence-electron chi connectivity index (χ3n) is 3.81. The molecule has 0 aliphatic heterocycles. The number of anilines is 1. The van der Waals surface area contributed by atoms with Crippen LogP contribution in [0.4, 0.5) is 5.00 Å². The minimum absolute atomic E-state index is 0.0101. The molecule has 26 heavy (non-hydrogen) atoms. The Morgan fingerprint density at radius 3 is 2.38 bits per heavy atom. The average Bonchev–Trinajstić information content (AvgIpc) is 2.81. The molecule has 0 fully saturated rings. The number of rotatable bonds is 5. The summed E-state index contributed by atoms with van der Waals surface area (Å²) in [6.07, 6.45) is 0. The maximum Gasteiger partial charge on any atom is 0.256 e. The molecule has 10 heteroatoms. The standard InChI is InChI=1S/C16H18ClN3O4S2/c1-8-9(2)25-16(13(8)14(18)21)19-15(22)10-5-6-11(17)12(7-10)26(23,24)20(3)4/h5-7H,1-4H3,(H2,18,21)(H,19,22). The number of sulfonamides is 1. The lowest BCUT2D eigenvalue weighted by Crippen LogP contribution is -2.23. The van der Waals surface area contributed by atoms with Gasteiger partial charge in [0.2, 0.25) is 10.0 Å². The van der Waals surface area contributed by atoms with E-state index in [1.807, 2.05) is 6.92 Å². The van der Waals surface area contributed by atoms with Crippen LogP contribution in [-0.4, -0.2) is 38.6 Å². The molecule has 0 saturated carbocycles. The van der Waals surface area contributed by atoms with Gasteiger partial charge in [-0.1, -0.05) is 11.6 Å². The number of benzene rings is 1. The third-order valence-corrected chi connectivity index (χ3v) is 7.23. The highest BCUT2D eigenvalue weighted by Crippen LogP contribution is 2.33. The van der Waals surface area contributed by atoms with Crippen LogP contribution in [0.1, 0.15) is 31.2 Å². The van der Waals surface area contributed by atoms with Gasteiger partial charge in [0, 0.05) is 24.5 Å². The maximum atomic E-state index is 12.6. The van der Waals surface area contributed by atoms with E-state index in [2.05, 4.69) is 5.32 Å². The molecule has 7 nitrogen and oxygen atoms in total. The SMILES string of the molecule is Cc1sc(NC(=O)c2ccc(Cl)c(S(=O)(=O)N(C)C)c2)c(C(N)=O)c1C. The van der Waals surface area contributed by atoms with Gasteiger partial charge in [0.1, 0.15) is 9.90 Å². The van der Waals surface area contributed by atoms with Gasteiger partial charge in [-0.3, -0.25) is 9.59 Å². The Bertz CT molecular complexity index is 997. The van der Waals surface area contributed by atoms with Crippen molar-refractivity contribution in [1.29, 1.82) is 0 Å². The van der Waals surface area contributed by atoms with Crippen LogP contribution >= 0.6 is 22.9 Å². The Labute approximate surface area is 160 Å². The summed E-state index contributed by atoms with van der Waals surface area (Å²) in [5.74, 6) is -1.21. The third kappa shape index (κ3) is 3.75. The van der Waals surface area contributed by atoms with Crippen molar-refractivity contribution in [2.75, 3.05) is 19.4 Å². The number of nitrogens with zero attached hydrogens (tertiary/aromatic N) is 1. The van der Waals surface area contributed by atoms with E-state index in [1.54, 1.807) is 6.92 Å². The molecule has 140 valence electrons. The summed E-state index contributed by atoms with van der Waals surface area (Å²) in [6, 6.07) is 3.95. The van der Waals surface area contributed by atoms with E-state index in [0.29, 0.717) is 10.6 Å². The van der Waals surface area contributed by atoms with Crippen molar-refractivity contribution in [2.45, 2.75) is 18.7 Å². The van der Waals surface area contributed by atoms with Gasteiger partial charge in [-0.2, -0.15) is 0 Å². The first-order chi connectivity index (χ1) is 12.0. The first kappa shape index (κ1) is 20.4. The van der Waals surface area contributed by atoms with Gasteiger partial charge >= 0.3 is 0 Å². The van der Waals surface area contributed by atoms with Crippen molar-refractivity contribution in [1.82, 2.24) is 4.31 Å². The molecule has 1 aromatic carbocycles. The van der Waals surface area contributed by atoms with E-state index in [1.165, 1.54) is 43.6 Å². The van der Waals surface area contributed by atoms with Crippen LogP contribution < -0.4 is 11.1 Å². The predicted molar refractivity (Wildman–Crippen MR) is 103 cm³/mol. The Kier molecular flexibility index (Phi) is 5.76. The van der Waals surface area contributed by atoms with Crippen molar-refractivity contribution in [3.63, 3.8) is 0 Å².